The van der Waals surface area contributed by atoms with Crippen LogP contribution in [-0.2, 0) is 6.54 Å². The van der Waals surface area contributed by atoms with Gasteiger partial charge in [-0.05, 0) is 42.0 Å². The second kappa shape index (κ2) is 9.53. The van der Waals surface area contributed by atoms with Crippen LogP contribution in [0.4, 0.5) is 5.69 Å². The summed E-state index contributed by atoms with van der Waals surface area (Å²) < 4.78 is 5.35. The summed E-state index contributed by atoms with van der Waals surface area (Å²) in [7, 11) is 1.56. The van der Waals surface area contributed by atoms with Gasteiger partial charge in [-0.1, -0.05) is 35.9 Å². The van der Waals surface area contributed by atoms with E-state index in [1.807, 2.05) is 18.2 Å². The molecule has 0 aliphatic heterocycles. The molecular formula is C21H19ClN4O2. The summed E-state index contributed by atoms with van der Waals surface area (Å²) >= 11 is 6.10. The van der Waals surface area contributed by atoms with Crippen LogP contribution in [0.3, 0.4) is 0 Å². The lowest BCUT2D eigenvalue weighted by Gasteiger charge is -2.15. The van der Waals surface area contributed by atoms with Gasteiger partial charge in [-0.25, -0.2) is 4.99 Å². The molecule has 0 radical (unpaired) electrons. The van der Waals surface area contributed by atoms with Crippen molar-refractivity contribution >= 4 is 29.2 Å². The van der Waals surface area contributed by atoms with Crippen LogP contribution in [0.5, 0.6) is 5.75 Å². The Hall–Kier alpha value is -3.38. The van der Waals surface area contributed by atoms with Crippen LogP contribution in [0.15, 0.2) is 78.0 Å². The van der Waals surface area contributed by atoms with E-state index in [0.717, 1.165) is 5.56 Å². The van der Waals surface area contributed by atoms with Crippen molar-refractivity contribution in [3.05, 3.63) is 89.2 Å². The number of ether oxygens (including phenoxy) is 1. The number of hydrogen-bond donors (Lipinski definition) is 2. The molecule has 3 rings (SSSR count). The van der Waals surface area contributed by atoms with E-state index in [4.69, 9.17) is 16.3 Å². The van der Waals surface area contributed by atoms with E-state index in [2.05, 4.69) is 20.6 Å². The number of aromatic nitrogens is 1. The van der Waals surface area contributed by atoms with Crippen molar-refractivity contribution in [2.45, 2.75) is 6.54 Å². The number of amides is 1. The van der Waals surface area contributed by atoms with E-state index in [-0.39, 0.29) is 11.9 Å². The van der Waals surface area contributed by atoms with Crippen LogP contribution in [0.1, 0.15) is 15.9 Å². The molecule has 28 heavy (non-hydrogen) atoms. The van der Waals surface area contributed by atoms with E-state index in [9.17, 15) is 4.79 Å². The number of nitrogens with one attached hydrogen (secondary N) is 2. The molecular weight excluding hydrogens is 376 g/mol. The summed E-state index contributed by atoms with van der Waals surface area (Å²) in [6, 6.07) is 17.8. The summed E-state index contributed by atoms with van der Waals surface area (Å²) in [4.78, 5) is 21.2. The lowest BCUT2D eigenvalue weighted by Crippen LogP contribution is -2.36. The maximum atomic E-state index is 12.6. The van der Waals surface area contributed by atoms with E-state index < -0.39 is 0 Å². The molecule has 0 saturated heterocycles. The van der Waals surface area contributed by atoms with Gasteiger partial charge in [0.1, 0.15) is 5.75 Å². The molecule has 0 aliphatic carbocycles. The van der Waals surface area contributed by atoms with Crippen molar-refractivity contribution in [2.75, 3.05) is 12.4 Å². The fraction of sp³-hybridized carbons (Fsp3) is 0.0952. The number of rotatable bonds is 5. The van der Waals surface area contributed by atoms with Gasteiger partial charge in [0.2, 0.25) is 5.96 Å². The van der Waals surface area contributed by atoms with Crippen molar-refractivity contribution in [3.8, 4) is 5.75 Å². The highest BCUT2D eigenvalue weighted by Crippen LogP contribution is 2.27. The van der Waals surface area contributed by atoms with E-state index >= 15 is 0 Å². The molecule has 6 nitrogen and oxygen atoms in total. The molecule has 2 aromatic carbocycles. The standard InChI is InChI=1S/C21H19ClN4O2/c1-28-19-10-9-17(22)12-18(19)25-21(24-14-15-6-5-11-23-13-15)26-20(27)16-7-3-2-4-8-16/h2-13H,14H2,1H3,(H2,24,25,26,27). The first-order valence-electron chi connectivity index (χ1n) is 8.56. The summed E-state index contributed by atoms with van der Waals surface area (Å²) in [5, 5.41) is 6.43. The number of carbonyl (C=O) groups is 1. The smallest absolute Gasteiger partial charge is 0.257 e. The predicted octanol–water partition coefficient (Wildman–Crippen LogP) is 4.14. The number of guanidine groups is 1. The molecule has 0 fully saturated rings. The fourth-order valence-electron chi connectivity index (χ4n) is 2.45. The molecule has 0 spiro atoms. The number of methoxy groups -OCH3 is 1. The maximum absolute atomic E-state index is 12.6. The highest BCUT2D eigenvalue weighted by Gasteiger charge is 2.12. The van der Waals surface area contributed by atoms with Crippen molar-refractivity contribution in [1.29, 1.82) is 0 Å². The van der Waals surface area contributed by atoms with Gasteiger partial charge in [0, 0.05) is 23.0 Å². The zero-order valence-electron chi connectivity index (χ0n) is 15.2. The number of anilines is 1. The Morgan fingerprint density at radius 2 is 1.96 bits per heavy atom. The van der Waals surface area contributed by atoms with Gasteiger partial charge in [-0.2, -0.15) is 0 Å². The molecule has 1 heterocycles. The fourth-order valence-corrected chi connectivity index (χ4v) is 2.62. The van der Waals surface area contributed by atoms with Crippen LogP contribution in [0, 0.1) is 0 Å². The van der Waals surface area contributed by atoms with Gasteiger partial charge in [0.15, 0.2) is 0 Å². The SMILES string of the molecule is COc1ccc(Cl)cc1NC(=NCc1cccnc1)NC(=O)c1ccccc1. The van der Waals surface area contributed by atoms with Crippen molar-refractivity contribution in [3.63, 3.8) is 0 Å². The minimum atomic E-state index is -0.279. The summed E-state index contributed by atoms with van der Waals surface area (Å²) in [5.41, 5.74) is 2.03. The molecule has 7 heteroatoms. The van der Waals surface area contributed by atoms with Crippen LogP contribution in [0.25, 0.3) is 0 Å². The van der Waals surface area contributed by atoms with Gasteiger partial charge in [0.25, 0.3) is 5.91 Å². The Labute approximate surface area is 168 Å². The van der Waals surface area contributed by atoms with Crippen LogP contribution < -0.4 is 15.4 Å². The molecule has 0 aliphatic rings. The largest absolute Gasteiger partial charge is 0.495 e. The van der Waals surface area contributed by atoms with Gasteiger partial charge in [-0.15, -0.1) is 0 Å². The molecule has 142 valence electrons. The Bertz CT molecular complexity index is 963. The highest BCUT2D eigenvalue weighted by molar-refractivity contribution is 6.31. The van der Waals surface area contributed by atoms with Crippen LogP contribution in [0.2, 0.25) is 5.02 Å². The van der Waals surface area contributed by atoms with Crippen molar-refractivity contribution in [2.24, 2.45) is 4.99 Å². The predicted molar refractivity (Wildman–Crippen MR) is 111 cm³/mol. The normalized spacial score (nSPS) is 11.0. The molecule has 0 saturated carbocycles. The number of pyridine rings is 1. The van der Waals surface area contributed by atoms with Crippen molar-refractivity contribution in [1.82, 2.24) is 10.3 Å². The number of benzene rings is 2. The Kier molecular flexibility index (Phi) is 6.59. The zero-order chi connectivity index (χ0) is 19.8. The van der Waals surface area contributed by atoms with Crippen molar-refractivity contribution < 1.29 is 9.53 Å². The number of aliphatic imine (C=N–C) groups is 1. The lowest BCUT2D eigenvalue weighted by molar-refractivity contribution is 0.0977. The number of halogens is 1. The average molecular weight is 395 g/mol. The van der Waals surface area contributed by atoms with Gasteiger partial charge in [-0.3, -0.25) is 15.1 Å². The first-order valence-corrected chi connectivity index (χ1v) is 8.94. The third kappa shape index (κ3) is 5.31. The highest BCUT2D eigenvalue weighted by atomic mass is 35.5. The molecule has 2 N–H and O–H groups in total. The molecule has 1 amide bonds. The lowest BCUT2D eigenvalue weighted by atomic mass is 10.2. The molecule has 0 unspecified atom stereocenters. The summed E-state index contributed by atoms with van der Waals surface area (Å²) in [5.74, 6) is 0.574. The van der Waals surface area contributed by atoms with Gasteiger partial charge < -0.3 is 10.1 Å². The number of carbonyl (C=O) groups excluding carboxylic acids is 1. The average Bonchev–Trinajstić information content (AvgIpc) is 2.73. The molecule has 1 aromatic heterocycles. The summed E-state index contributed by atoms with van der Waals surface area (Å²) in [6.07, 6.45) is 3.42. The third-order valence-corrected chi connectivity index (χ3v) is 4.06. The first-order chi connectivity index (χ1) is 13.7. The van der Waals surface area contributed by atoms with E-state index in [0.29, 0.717) is 28.6 Å². The Morgan fingerprint density at radius 1 is 1.14 bits per heavy atom. The second-order valence-electron chi connectivity index (χ2n) is 5.82. The zero-order valence-corrected chi connectivity index (χ0v) is 16.0. The third-order valence-electron chi connectivity index (χ3n) is 3.83. The topological polar surface area (TPSA) is 75.6 Å². The summed E-state index contributed by atoms with van der Waals surface area (Å²) in [6.45, 7) is 0.341. The molecule has 0 atom stereocenters. The van der Waals surface area contributed by atoms with E-state index in [1.54, 1.807) is 62.0 Å². The Morgan fingerprint density at radius 3 is 2.68 bits per heavy atom. The van der Waals surface area contributed by atoms with Gasteiger partial charge in [0.05, 0.1) is 19.3 Å². The minimum absolute atomic E-state index is 0.276. The number of nitrogens with zero attached hydrogens (tertiary/aromatic N) is 2. The Balaban J connectivity index is 1.86. The second-order valence-corrected chi connectivity index (χ2v) is 6.25. The number of hydrogen-bond acceptors (Lipinski definition) is 4. The maximum Gasteiger partial charge on any atom is 0.257 e. The van der Waals surface area contributed by atoms with Gasteiger partial charge >= 0.3 is 0 Å². The molecule has 0 bridgehead atoms. The first kappa shape index (κ1) is 19.4. The van der Waals surface area contributed by atoms with Crippen LogP contribution >= 0.6 is 11.6 Å². The monoisotopic (exact) mass is 394 g/mol. The quantitative estimate of drug-likeness (QED) is 0.503. The molecule has 3 aromatic rings. The minimum Gasteiger partial charge on any atom is -0.495 e. The van der Waals surface area contributed by atoms with E-state index in [1.165, 1.54) is 0 Å². The van der Waals surface area contributed by atoms with Crippen LogP contribution in [-0.4, -0.2) is 24.0 Å².